The highest BCUT2D eigenvalue weighted by Crippen LogP contribution is 2.20. The Labute approximate surface area is 120 Å². The Bertz CT molecular complexity index is 701. The highest BCUT2D eigenvalue weighted by molar-refractivity contribution is 9.10. The van der Waals surface area contributed by atoms with Gasteiger partial charge in [0, 0.05) is 22.4 Å². The number of aryl methyl sites for hydroxylation is 1. The first-order valence-corrected chi connectivity index (χ1v) is 6.75. The molecular formula is C15H12BrN3. The van der Waals surface area contributed by atoms with Crippen molar-refractivity contribution < 1.29 is 0 Å². The van der Waals surface area contributed by atoms with Crippen LogP contribution in [0.2, 0.25) is 0 Å². The number of hydrogen-bond donors (Lipinski definition) is 0. The normalized spacial score (nSPS) is 10.6. The predicted molar refractivity (Wildman–Crippen MR) is 79.2 cm³/mol. The van der Waals surface area contributed by atoms with E-state index in [-0.39, 0.29) is 0 Å². The lowest BCUT2D eigenvalue weighted by atomic mass is 10.1. The zero-order valence-corrected chi connectivity index (χ0v) is 12.0. The molecule has 2 aromatic heterocycles. The fraction of sp³-hybridized carbons (Fsp3) is 0.0667. The van der Waals surface area contributed by atoms with Crippen molar-refractivity contribution in [2.75, 3.05) is 0 Å². The van der Waals surface area contributed by atoms with Crippen LogP contribution in [-0.4, -0.2) is 14.8 Å². The maximum absolute atomic E-state index is 4.36. The van der Waals surface area contributed by atoms with Gasteiger partial charge in [0.1, 0.15) is 0 Å². The van der Waals surface area contributed by atoms with Crippen molar-refractivity contribution >= 4 is 15.9 Å². The van der Waals surface area contributed by atoms with Gasteiger partial charge in [-0.05, 0) is 40.5 Å². The number of rotatable bonds is 2. The molecule has 94 valence electrons. The van der Waals surface area contributed by atoms with Crippen LogP contribution in [0.1, 0.15) is 5.56 Å². The molecule has 0 radical (unpaired) electrons. The lowest BCUT2D eigenvalue weighted by Gasteiger charge is -2.00. The monoisotopic (exact) mass is 313 g/mol. The number of pyridine rings is 1. The summed E-state index contributed by atoms with van der Waals surface area (Å²) in [5.41, 5.74) is 3.50. The molecular weight excluding hydrogens is 302 g/mol. The smallest absolute Gasteiger partial charge is 0.153 e. The van der Waals surface area contributed by atoms with Crippen LogP contribution in [0.15, 0.2) is 59.5 Å². The molecule has 0 aliphatic heterocycles. The van der Waals surface area contributed by atoms with E-state index < -0.39 is 0 Å². The van der Waals surface area contributed by atoms with Gasteiger partial charge in [-0.15, -0.1) is 0 Å². The van der Waals surface area contributed by atoms with Crippen molar-refractivity contribution in [1.82, 2.24) is 14.8 Å². The van der Waals surface area contributed by atoms with E-state index in [4.69, 9.17) is 0 Å². The molecule has 0 saturated heterocycles. The van der Waals surface area contributed by atoms with E-state index >= 15 is 0 Å². The quantitative estimate of drug-likeness (QED) is 0.715. The van der Waals surface area contributed by atoms with Gasteiger partial charge in [0.15, 0.2) is 5.82 Å². The highest BCUT2D eigenvalue weighted by Gasteiger charge is 2.04. The molecule has 3 aromatic rings. The first-order valence-electron chi connectivity index (χ1n) is 5.96. The second-order valence-corrected chi connectivity index (χ2v) is 5.29. The van der Waals surface area contributed by atoms with Crippen LogP contribution in [0.3, 0.4) is 0 Å². The van der Waals surface area contributed by atoms with Gasteiger partial charge in [-0.1, -0.05) is 29.8 Å². The van der Waals surface area contributed by atoms with E-state index in [1.165, 1.54) is 11.1 Å². The van der Waals surface area contributed by atoms with Crippen molar-refractivity contribution in [2.45, 2.75) is 6.92 Å². The Balaban J connectivity index is 1.97. The molecule has 1 aromatic carbocycles. The lowest BCUT2D eigenvalue weighted by Crippen LogP contribution is -1.96. The minimum absolute atomic E-state index is 0.808. The maximum Gasteiger partial charge on any atom is 0.153 e. The van der Waals surface area contributed by atoms with Crippen LogP contribution >= 0.6 is 15.9 Å². The first kappa shape index (κ1) is 12.1. The summed E-state index contributed by atoms with van der Waals surface area (Å²) in [5, 5.41) is 4.36. The Morgan fingerprint density at radius 2 is 1.95 bits per heavy atom. The van der Waals surface area contributed by atoms with Crippen LogP contribution in [0.25, 0.3) is 16.9 Å². The molecule has 0 fully saturated rings. The lowest BCUT2D eigenvalue weighted by molar-refractivity contribution is 0.846. The minimum atomic E-state index is 0.808. The molecule has 0 N–H and O–H groups in total. The largest absolute Gasteiger partial charge is 0.236 e. The molecule has 2 heterocycles. The van der Waals surface area contributed by atoms with Crippen molar-refractivity contribution in [3.63, 3.8) is 0 Å². The standard InChI is InChI=1S/C15H12BrN3/c1-11-3-2-4-12(7-11)13-8-18-19(10-13)15-6-5-14(16)9-17-15/h2-10H,1H3. The summed E-state index contributed by atoms with van der Waals surface area (Å²) in [6.07, 6.45) is 5.62. The summed E-state index contributed by atoms with van der Waals surface area (Å²) < 4.78 is 2.74. The van der Waals surface area contributed by atoms with E-state index in [1.807, 2.05) is 24.5 Å². The molecule has 3 nitrogen and oxygen atoms in total. The Kier molecular flexibility index (Phi) is 3.17. The third kappa shape index (κ3) is 2.58. The number of aromatic nitrogens is 3. The third-order valence-electron chi connectivity index (χ3n) is 2.88. The predicted octanol–water partition coefficient (Wildman–Crippen LogP) is 4.01. The van der Waals surface area contributed by atoms with Gasteiger partial charge >= 0.3 is 0 Å². The SMILES string of the molecule is Cc1cccc(-c2cnn(-c3ccc(Br)cn3)c2)c1. The molecule has 0 amide bonds. The van der Waals surface area contributed by atoms with Crippen LogP contribution in [0.4, 0.5) is 0 Å². The van der Waals surface area contributed by atoms with Gasteiger partial charge < -0.3 is 0 Å². The fourth-order valence-electron chi connectivity index (χ4n) is 1.93. The molecule has 0 aliphatic carbocycles. The van der Waals surface area contributed by atoms with Crippen LogP contribution in [0, 0.1) is 6.92 Å². The van der Waals surface area contributed by atoms with E-state index in [9.17, 15) is 0 Å². The van der Waals surface area contributed by atoms with E-state index in [0.29, 0.717) is 0 Å². The van der Waals surface area contributed by atoms with Crippen LogP contribution in [0.5, 0.6) is 0 Å². The molecule has 4 heteroatoms. The Morgan fingerprint density at radius 3 is 2.68 bits per heavy atom. The van der Waals surface area contributed by atoms with Crippen molar-refractivity contribution in [2.24, 2.45) is 0 Å². The topological polar surface area (TPSA) is 30.7 Å². The summed E-state index contributed by atoms with van der Waals surface area (Å²) in [6.45, 7) is 2.09. The summed E-state index contributed by atoms with van der Waals surface area (Å²) in [4.78, 5) is 4.33. The van der Waals surface area contributed by atoms with Gasteiger partial charge in [0.25, 0.3) is 0 Å². The molecule has 19 heavy (non-hydrogen) atoms. The summed E-state index contributed by atoms with van der Waals surface area (Å²) >= 11 is 3.38. The second-order valence-electron chi connectivity index (χ2n) is 4.38. The number of benzene rings is 1. The molecule has 0 atom stereocenters. The van der Waals surface area contributed by atoms with Gasteiger partial charge in [-0.3, -0.25) is 0 Å². The van der Waals surface area contributed by atoms with E-state index in [0.717, 1.165) is 15.9 Å². The van der Waals surface area contributed by atoms with Gasteiger partial charge in [-0.25, -0.2) is 9.67 Å². The number of halogens is 1. The zero-order chi connectivity index (χ0) is 13.2. The first-order chi connectivity index (χ1) is 9.22. The highest BCUT2D eigenvalue weighted by atomic mass is 79.9. The van der Waals surface area contributed by atoms with Crippen LogP contribution in [-0.2, 0) is 0 Å². The second kappa shape index (κ2) is 4.97. The number of hydrogen-bond acceptors (Lipinski definition) is 2. The third-order valence-corrected chi connectivity index (χ3v) is 3.35. The molecule has 0 unspecified atom stereocenters. The number of nitrogens with zero attached hydrogens (tertiary/aromatic N) is 3. The van der Waals surface area contributed by atoms with E-state index in [2.05, 4.69) is 57.2 Å². The maximum atomic E-state index is 4.36. The fourth-order valence-corrected chi connectivity index (χ4v) is 2.16. The van der Waals surface area contributed by atoms with Gasteiger partial charge in [0.2, 0.25) is 0 Å². The zero-order valence-electron chi connectivity index (χ0n) is 10.4. The molecule has 0 spiro atoms. The summed E-state index contributed by atoms with van der Waals surface area (Å²) in [6, 6.07) is 12.3. The van der Waals surface area contributed by atoms with Crippen molar-refractivity contribution in [3.8, 4) is 16.9 Å². The Hall–Kier alpha value is -1.94. The minimum Gasteiger partial charge on any atom is -0.236 e. The molecule has 0 saturated carbocycles. The average Bonchev–Trinajstić information content (AvgIpc) is 2.89. The van der Waals surface area contributed by atoms with Gasteiger partial charge in [0.05, 0.1) is 6.20 Å². The molecule has 0 aliphatic rings. The average molecular weight is 314 g/mol. The molecule has 3 rings (SSSR count). The molecule has 0 bridgehead atoms. The van der Waals surface area contributed by atoms with Crippen molar-refractivity contribution in [3.05, 3.63) is 65.0 Å². The summed E-state index contributed by atoms with van der Waals surface area (Å²) in [7, 11) is 0. The van der Waals surface area contributed by atoms with E-state index in [1.54, 1.807) is 10.9 Å². The Morgan fingerprint density at radius 1 is 1.05 bits per heavy atom. The van der Waals surface area contributed by atoms with Crippen LogP contribution < -0.4 is 0 Å². The van der Waals surface area contributed by atoms with Crippen molar-refractivity contribution in [1.29, 1.82) is 0 Å². The summed E-state index contributed by atoms with van der Waals surface area (Å²) in [5.74, 6) is 0.808. The van der Waals surface area contributed by atoms with Gasteiger partial charge in [-0.2, -0.15) is 5.10 Å².